The van der Waals surface area contributed by atoms with Crippen molar-refractivity contribution in [1.29, 1.82) is 0 Å². The monoisotopic (exact) mass is 247 g/mol. The fourth-order valence-electron chi connectivity index (χ4n) is 1.96. The molecule has 2 heterocycles. The Hall–Kier alpha value is -0.810. The van der Waals surface area contributed by atoms with E-state index >= 15 is 0 Å². The SMILES string of the molecule is CC(=O)N1CCC(NC(=O)C2CNC2)C1.Cl. The molecule has 1 atom stereocenters. The molecule has 0 aromatic carbocycles. The maximum Gasteiger partial charge on any atom is 0.225 e. The van der Waals surface area contributed by atoms with Crippen molar-refractivity contribution >= 4 is 24.2 Å². The second-order valence-corrected chi connectivity index (χ2v) is 4.31. The summed E-state index contributed by atoms with van der Waals surface area (Å²) in [5.74, 6) is 0.359. The van der Waals surface area contributed by atoms with Crippen molar-refractivity contribution in [3.05, 3.63) is 0 Å². The highest BCUT2D eigenvalue weighted by Gasteiger charge is 2.30. The predicted molar refractivity (Wildman–Crippen MR) is 62.4 cm³/mol. The number of carbonyl (C=O) groups excluding carboxylic acids is 2. The molecule has 0 saturated carbocycles. The van der Waals surface area contributed by atoms with E-state index < -0.39 is 0 Å². The largest absolute Gasteiger partial charge is 0.351 e. The van der Waals surface area contributed by atoms with Crippen LogP contribution in [0.3, 0.4) is 0 Å². The van der Waals surface area contributed by atoms with E-state index in [4.69, 9.17) is 0 Å². The lowest BCUT2D eigenvalue weighted by Gasteiger charge is -2.27. The van der Waals surface area contributed by atoms with Gasteiger partial charge < -0.3 is 15.5 Å². The number of amides is 2. The summed E-state index contributed by atoms with van der Waals surface area (Å²) < 4.78 is 0. The van der Waals surface area contributed by atoms with Crippen LogP contribution in [-0.2, 0) is 9.59 Å². The Morgan fingerprint density at radius 3 is 2.50 bits per heavy atom. The van der Waals surface area contributed by atoms with E-state index in [0.29, 0.717) is 6.54 Å². The van der Waals surface area contributed by atoms with Crippen molar-refractivity contribution in [1.82, 2.24) is 15.5 Å². The summed E-state index contributed by atoms with van der Waals surface area (Å²) in [6, 6.07) is 0.155. The van der Waals surface area contributed by atoms with Crippen LogP contribution in [0.5, 0.6) is 0 Å². The molecule has 0 aliphatic carbocycles. The molecular weight excluding hydrogens is 230 g/mol. The van der Waals surface area contributed by atoms with Gasteiger partial charge in [-0.2, -0.15) is 0 Å². The van der Waals surface area contributed by atoms with Crippen LogP contribution in [0.1, 0.15) is 13.3 Å². The number of hydrogen-bond donors (Lipinski definition) is 2. The predicted octanol–water partition coefficient (Wildman–Crippen LogP) is -0.635. The smallest absolute Gasteiger partial charge is 0.225 e. The third kappa shape index (κ3) is 2.86. The van der Waals surface area contributed by atoms with E-state index in [1.807, 2.05) is 0 Å². The standard InChI is InChI=1S/C10H17N3O2.ClH/c1-7(14)13-3-2-9(6-13)12-10(15)8-4-11-5-8;/h8-9,11H,2-6H2,1H3,(H,12,15);1H. The molecule has 16 heavy (non-hydrogen) atoms. The Balaban J connectivity index is 0.00000128. The first kappa shape index (κ1) is 13.3. The third-order valence-electron chi connectivity index (χ3n) is 3.13. The summed E-state index contributed by atoms with van der Waals surface area (Å²) in [5, 5.41) is 6.06. The van der Waals surface area contributed by atoms with Crippen LogP contribution in [0.25, 0.3) is 0 Å². The van der Waals surface area contributed by atoms with Gasteiger partial charge in [0.15, 0.2) is 0 Å². The summed E-state index contributed by atoms with van der Waals surface area (Å²) in [6.45, 7) is 4.58. The highest BCUT2D eigenvalue weighted by atomic mass is 35.5. The van der Waals surface area contributed by atoms with E-state index in [1.165, 1.54) is 0 Å². The molecule has 2 rings (SSSR count). The Bertz CT molecular complexity index is 281. The highest BCUT2D eigenvalue weighted by Crippen LogP contribution is 2.11. The molecule has 2 aliphatic rings. The van der Waals surface area contributed by atoms with Gasteiger partial charge in [-0.15, -0.1) is 12.4 Å². The number of nitrogens with zero attached hydrogens (tertiary/aromatic N) is 1. The Morgan fingerprint density at radius 2 is 2.06 bits per heavy atom. The lowest BCUT2D eigenvalue weighted by atomic mass is 10.0. The number of rotatable bonds is 2. The summed E-state index contributed by atoms with van der Waals surface area (Å²) in [4.78, 5) is 24.5. The number of halogens is 1. The molecule has 2 amide bonds. The molecule has 0 bridgehead atoms. The second kappa shape index (κ2) is 5.50. The Morgan fingerprint density at radius 1 is 1.38 bits per heavy atom. The number of carbonyl (C=O) groups is 2. The fourth-order valence-corrected chi connectivity index (χ4v) is 1.96. The van der Waals surface area contributed by atoms with Gasteiger partial charge in [-0.1, -0.05) is 0 Å². The molecule has 0 aromatic heterocycles. The summed E-state index contributed by atoms with van der Waals surface area (Å²) >= 11 is 0. The molecule has 1 unspecified atom stereocenters. The van der Waals surface area contributed by atoms with Gasteiger partial charge in [0.25, 0.3) is 0 Å². The van der Waals surface area contributed by atoms with E-state index in [0.717, 1.165) is 26.1 Å². The van der Waals surface area contributed by atoms with Crippen molar-refractivity contribution < 1.29 is 9.59 Å². The topological polar surface area (TPSA) is 61.4 Å². The number of nitrogens with one attached hydrogen (secondary N) is 2. The van der Waals surface area contributed by atoms with Gasteiger partial charge in [0.05, 0.1) is 5.92 Å². The van der Waals surface area contributed by atoms with E-state index in [2.05, 4.69) is 10.6 Å². The van der Waals surface area contributed by atoms with Gasteiger partial charge in [0.1, 0.15) is 0 Å². The minimum atomic E-state index is 0. The van der Waals surface area contributed by atoms with Crippen molar-refractivity contribution in [3.63, 3.8) is 0 Å². The molecule has 2 saturated heterocycles. The first-order chi connectivity index (χ1) is 7.16. The molecule has 5 nitrogen and oxygen atoms in total. The van der Waals surface area contributed by atoms with E-state index in [9.17, 15) is 9.59 Å². The van der Waals surface area contributed by atoms with Crippen LogP contribution in [0, 0.1) is 5.92 Å². The lowest BCUT2D eigenvalue weighted by molar-refractivity contribution is -0.129. The van der Waals surface area contributed by atoms with Crippen molar-refractivity contribution in [2.24, 2.45) is 5.92 Å². The fraction of sp³-hybridized carbons (Fsp3) is 0.800. The molecule has 0 spiro atoms. The second-order valence-electron chi connectivity index (χ2n) is 4.31. The van der Waals surface area contributed by atoms with Crippen molar-refractivity contribution in [2.45, 2.75) is 19.4 Å². The maximum absolute atomic E-state index is 11.6. The first-order valence-electron chi connectivity index (χ1n) is 5.43. The number of hydrogen-bond acceptors (Lipinski definition) is 3. The molecule has 0 radical (unpaired) electrons. The van der Waals surface area contributed by atoms with Crippen LogP contribution < -0.4 is 10.6 Å². The van der Waals surface area contributed by atoms with Crippen molar-refractivity contribution in [3.8, 4) is 0 Å². The third-order valence-corrected chi connectivity index (χ3v) is 3.13. The van der Waals surface area contributed by atoms with Gasteiger partial charge in [-0.05, 0) is 6.42 Å². The van der Waals surface area contributed by atoms with Crippen LogP contribution >= 0.6 is 12.4 Å². The summed E-state index contributed by atoms with van der Waals surface area (Å²) in [7, 11) is 0. The Kier molecular flexibility index (Phi) is 4.56. The molecular formula is C10H18ClN3O2. The van der Waals surface area contributed by atoms with Gasteiger partial charge in [0.2, 0.25) is 11.8 Å². The molecule has 6 heteroatoms. The molecule has 0 aromatic rings. The lowest BCUT2D eigenvalue weighted by Crippen LogP contribution is -2.53. The van der Waals surface area contributed by atoms with Gasteiger partial charge in [-0.3, -0.25) is 9.59 Å². The zero-order chi connectivity index (χ0) is 10.8. The summed E-state index contributed by atoms with van der Waals surface area (Å²) in [5.41, 5.74) is 0. The van der Waals surface area contributed by atoms with E-state index in [1.54, 1.807) is 11.8 Å². The minimum absolute atomic E-state index is 0. The van der Waals surface area contributed by atoms with Crippen LogP contribution in [0.4, 0.5) is 0 Å². The quantitative estimate of drug-likeness (QED) is 0.683. The zero-order valence-corrected chi connectivity index (χ0v) is 10.2. The molecule has 92 valence electrons. The molecule has 2 fully saturated rings. The normalized spacial score (nSPS) is 24.6. The highest BCUT2D eigenvalue weighted by molar-refractivity contribution is 5.85. The van der Waals surface area contributed by atoms with Gasteiger partial charge in [0, 0.05) is 39.1 Å². The number of likely N-dealkylation sites (tertiary alicyclic amines) is 1. The zero-order valence-electron chi connectivity index (χ0n) is 9.36. The Labute approximate surface area is 101 Å². The first-order valence-corrected chi connectivity index (χ1v) is 5.43. The van der Waals surface area contributed by atoms with Gasteiger partial charge in [-0.25, -0.2) is 0 Å². The maximum atomic E-state index is 11.6. The minimum Gasteiger partial charge on any atom is -0.351 e. The van der Waals surface area contributed by atoms with Crippen LogP contribution in [-0.4, -0.2) is 48.9 Å². The van der Waals surface area contributed by atoms with Crippen molar-refractivity contribution in [2.75, 3.05) is 26.2 Å². The average Bonchev–Trinajstić information content (AvgIpc) is 2.48. The van der Waals surface area contributed by atoms with E-state index in [-0.39, 0.29) is 36.2 Å². The van der Waals surface area contributed by atoms with Crippen LogP contribution in [0.2, 0.25) is 0 Å². The summed E-state index contributed by atoms with van der Waals surface area (Å²) in [6.07, 6.45) is 0.880. The molecule has 2 aliphatic heterocycles. The average molecular weight is 248 g/mol. The van der Waals surface area contributed by atoms with Gasteiger partial charge >= 0.3 is 0 Å². The molecule has 2 N–H and O–H groups in total. The van der Waals surface area contributed by atoms with Crippen LogP contribution in [0.15, 0.2) is 0 Å².